The van der Waals surface area contributed by atoms with Crippen LogP contribution in [0.3, 0.4) is 0 Å². The van der Waals surface area contributed by atoms with Gasteiger partial charge in [0.15, 0.2) is 0 Å². The Morgan fingerprint density at radius 3 is 2.11 bits per heavy atom. The number of carbonyl (C=O) groups is 3. The first kappa shape index (κ1) is 24.0. The average Bonchev–Trinajstić information content (AvgIpc) is 3.15. The number of amides is 2. The first-order chi connectivity index (χ1) is 16.8. The van der Waals surface area contributed by atoms with Gasteiger partial charge in [-0.05, 0) is 66.8 Å². The maximum atomic E-state index is 12.8. The third-order valence-corrected chi connectivity index (χ3v) is 6.24. The largest absolute Gasteiger partial charge is 0.480 e. The predicted molar refractivity (Wildman–Crippen MR) is 134 cm³/mol. The second-order valence-corrected chi connectivity index (χ2v) is 8.90. The summed E-state index contributed by atoms with van der Waals surface area (Å²) in [4.78, 5) is 37.8. The number of benzene rings is 3. The van der Waals surface area contributed by atoms with Crippen LogP contribution in [0, 0.1) is 6.92 Å². The molecule has 0 aliphatic heterocycles. The molecule has 0 aromatic heterocycles. The van der Waals surface area contributed by atoms with Crippen molar-refractivity contribution in [2.75, 3.05) is 18.5 Å². The third-order valence-electron chi connectivity index (χ3n) is 6.24. The summed E-state index contributed by atoms with van der Waals surface area (Å²) in [6.07, 6.45) is -0.580. The molecule has 3 aromatic carbocycles. The lowest BCUT2D eigenvalue weighted by Crippen LogP contribution is -2.40. The Morgan fingerprint density at radius 1 is 0.971 bits per heavy atom. The summed E-state index contributed by atoms with van der Waals surface area (Å²) in [5.74, 6) is -1.49. The van der Waals surface area contributed by atoms with E-state index in [1.165, 1.54) is 4.90 Å². The lowest BCUT2D eigenvalue weighted by atomic mass is 9.98. The minimum Gasteiger partial charge on any atom is -0.480 e. The number of hydrogen-bond acceptors (Lipinski definition) is 4. The Labute approximate surface area is 204 Å². The molecule has 0 heterocycles. The van der Waals surface area contributed by atoms with Crippen molar-refractivity contribution in [1.82, 2.24) is 4.90 Å². The van der Waals surface area contributed by atoms with E-state index in [0.29, 0.717) is 16.8 Å². The van der Waals surface area contributed by atoms with Crippen LogP contribution >= 0.6 is 0 Å². The van der Waals surface area contributed by atoms with Gasteiger partial charge in [0.25, 0.3) is 5.91 Å². The Kier molecular flexibility index (Phi) is 6.87. The van der Waals surface area contributed by atoms with E-state index < -0.39 is 12.1 Å². The number of ether oxygens (including phenoxy) is 1. The molecule has 2 amide bonds. The topological polar surface area (TPSA) is 95.9 Å². The lowest BCUT2D eigenvalue weighted by molar-refractivity contribution is -0.138. The van der Waals surface area contributed by atoms with Crippen molar-refractivity contribution >= 4 is 23.7 Å². The number of carboxylic acid groups (broad SMARTS) is 1. The van der Waals surface area contributed by atoms with Crippen molar-refractivity contribution in [2.24, 2.45) is 0 Å². The molecule has 0 fully saturated rings. The highest BCUT2D eigenvalue weighted by Gasteiger charge is 2.29. The fraction of sp³-hybridized carbons (Fsp3) is 0.250. The monoisotopic (exact) mass is 472 g/mol. The summed E-state index contributed by atoms with van der Waals surface area (Å²) in [6, 6.07) is 20.8. The zero-order valence-corrected chi connectivity index (χ0v) is 19.9. The van der Waals surface area contributed by atoms with E-state index in [0.717, 1.165) is 22.3 Å². The molecule has 180 valence electrons. The molecule has 0 saturated heterocycles. The van der Waals surface area contributed by atoms with Crippen molar-refractivity contribution in [3.63, 3.8) is 0 Å². The number of anilines is 1. The molecule has 0 radical (unpaired) electrons. The van der Waals surface area contributed by atoms with Gasteiger partial charge in [0, 0.05) is 23.2 Å². The van der Waals surface area contributed by atoms with E-state index in [4.69, 9.17) is 9.84 Å². The van der Waals surface area contributed by atoms with Gasteiger partial charge in [-0.25, -0.2) is 4.79 Å². The van der Waals surface area contributed by atoms with Crippen LogP contribution in [0.4, 0.5) is 10.5 Å². The molecule has 7 nitrogen and oxygen atoms in total. The van der Waals surface area contributed by atoms with Gasteiger partial charge in [-0.15, -0.1) is 0 Å². The summed E-state index contributed by atoms with van der Waals surface area (Å²) < 4.78 is 5.60. The van der Waals surface area contributed by atoms with Crippen molar-refractivity contribution < 1.29 is 24.2 Å². The molecule has 4 rings (SSSR count). The van der Waals surface area contributed by atoms with Gasteiger partial charge in [0.2, 0.25) is 0 Å². The number of carbonyl (C=O) groups excluding carboxylic acids is 2. The number of nitrogens with zero attached hydrogens (tertiary/aromatic N) is 1. The number of nitrogens with one attached hydrogen (secondary N) is 1. The summed E-state index contributed by atoms with van der Waals surface area (Å²) in [6.45, 7) is 5.12. The van der Waals surface area contributed by atoms with Gasteiger partial charge in [-0.1, -0.05) is 48.5 Å². The first-order valence-corrected chi connectivity index (χ1v) is 11.5. The normalized spacial score (nSPS) is 12.1. The highest BCUT2D eigenvalue weighted by molar-refractivity contribution is 5.97. The second kappa shape index (κ2) is 10.0. The second-order valence-electron chi connectivity index (χ2n) is 8.90. The SMILES string of the molecule is Cc1cc(C(=O)N(CC(=O)O)C(C)C)ccc1NC(=O)OCC1c2ccccc2-c2ccccc21. The maximum Gasteiger partial charge on any atom is 0.411 e. The minimum absolute atomic E-state index is 0.0366. The van der Waals surface area contributed by atoms with Crippen LogP contribution in [0.5, 0.6) is 0 Å². The average molecular weight is 473 g/mol. The Morgan fingerprint density at radius 2 is 1.57 bits per heavy atom. The third kappa shape index (κ3) is 5.04. The highest BCUT2D eigenvalue weighted by atomic mass is 16.5. The molecular weight excluding hydrogens is 444 g/mol. The smallest absolute Gasteiger partial charge is 0.411 e. The molecule has 3 aromatic rings. The zero-order chi connectivity index (χ0) is 25.1. The van der Waals surface area contributed by atoms with Crippen LogP contribution in [0.15, 0.2) is 66.7 Å². The molecule has 7 heteroatoms. The Balaban J connectivity index is 1.43. The van der Waals surface area contributed by atoms with E-state index in [2.05, 4.69) is 29.6 Å². The first-order valence-electron chi connectivity index (χ1n) is 11.5. The fourth-order valence-electron chi connectivity index (χ4n) is 4.48. The lowest BCUT2D eigenvalue weighted by Gasteiger charge is -2.25. The quantitative estimate of drug-likeness (QED) is 0.487. The van der Waals surface area contributed by atoms with Crippen LogP contribution in [0.25, 0.3) is 11.1 Å². The molecule has 0 bridgehead atoms. The van der Waals surface area contributed by atoms with Crippen LogP contribution in [-0.4, -0.2) is 47.2 Å². The Bertz CT molecular complexity index is 1240. The van der Waals surface area contributed by atoms with Crippen LogP contribution in [0.1, 0.15) is 46.8 Å². The van der Waals surface area contributed by atoms with Crippen LogP contribution in [-0.2, 0) is 9.53 Å². The molecular formula is C28H28N2O5. The van der Waals surface area contributed by atoms with Crippen LogP contribution in [0.2, 0.25) is 0 Å². The van der Waals surface area contributed by atoms with Gasteiger partial charge in [0.1, 0.15) is 13.2 Å². The van der Waals surface area contributed by atoms with Gasteiger partial charge in [0.05, 0.1) is 0 Å². The molecule has 35 heavy (non-hydrogen) atoms. The van der Waals surface area contributed by atoms with Crippen molar-refractivity contribution in [2.45, 2.75) is 32.7 Å². The summed E-state index contributed by atoms with van der Waals surface area (Å²) in [5, 5.41) is 11.9. The molecule has 0 spiro atoms. The number of carboxylic acids is 1. The number of rotatable bonds is 7. The summed E-state index contributed by atoms with van der Waals surface area (Å²) in [7, 11) is 0. The maximum absolute atomic E-state index is 12.8. The van der Waals surface area contributed by atoms with Gasteiger partial charge in [-0.2, -0.15) is 0 Å². The molecule has 0 atom stereocenters. The summed E-state index contributed by atoms with van der Waals surface area (Å²) >= 11 is 0. The highest BCUT2D eigenvalue weighted by Crippen LogP contribution is 2.44. The van der Waals surface area contributed by atoms with E-state index in [1.807, 2.05) is 24.3 Å². The van der Waals surface area contributed by atoms with Gasteiger partial charge < -0.3 is 14.7 Å². The number of aryl methyl sites for hydroxylation is 1. The number of aliphatic carboxylic acids is 1. The number of hydrogen-bond donors (Lipinski definition) is 2. The van der Waals surface area contributed by atoms with E-state index >= 15 is 0 Å². The molecule has 1 aliphatic carbocycles. The van der Waals surface area contributed by atoms with Crippen molar-refractivity contribution in [3.8, 4) is 11.1 Å². The minimum atomic E-state index is -1.07. The van der Waals surface area contributed by atoms with E-state index in [1.54, 1.807) is 39.0 Å². The number of fused-ring (bicyclic) bond motifs is 3. The molecule has 2 N–H and O–H groups in total. The van der Waals surface area contributed by atoms with Crippen LogP contribution < -0.4 is 5.32 Å². The van der Waals surface area contributed by atoms with E-state index in [-0.39, 0.29) is 31.0 Å². The fourth-order valence-corrected chi connectivity index (χ4v) is 4.48. The molecule has 0 saturated carbocycles. The Hall–Kier alpha value is -4.13. The van der Waals surface area contributed by atoms with Gasteiger partial charge in [-0.3, -0.25) is 14.9 Å². The molecule has 1 aliphatic rings. The van der Waals surface area contributed by atoms with Crippen molar-refractivity contribution in [3.05, 3.63) is 89.0 Å². The zero-order valence-electron chi connectivity index (χ0n) is 19.9. The standard InChI is InChI=1S/C28H28N2O5/c1-17(2)30(15-26(31)32)27(33)19-12-13-25(18(3)14-19)29-28(34)35-16-24-22-10-6-4-8-20(22)21-9-5-7-11-23(21)24/h4-14,17,24H,15-16H2,1-3H3,(H,29,34)(H,31,32). The molecule has 0 unspecified atom stereocenters. The van der Waals surface area contributed by atoms with Gasteiger partial charge >= 0.3 is 12.1 Å². The predicted octanol–water partition coefficient (Wildman–Crippen LogP) is 5.29. The van der Waals surface area contributed by atoms with Crippen molar-refractivity contribution in [1.29, 1.82) is 0 Å². The van der Waals surface area contributed by atoms with E-state index in [9.17, 15) is 14.4 Å². The summed E-state index contributed by atoms with van der Waals surface area (Å²) in [5.41, 5.74) is 6.14.